The van der Waals surface area contributed by atoms with E-state index in [4.69, 9.17) is 19.2 Å². The Morgan fingerprint density at radius 1 is 0.828 bits per heavy atom. The molecular formula is C24H24N2O3. The summed E-state index contributed by atoms with van der Waals surface area (Å²) < 4.78 is 18.9. The molecular weight excluding hydrogens is 364 g/mol. The zero-order valence-corrected chi connectivity index (χ0v) is 16.7. The third-order valence-electron chi connectivity index (χ3n) is 4.84. The van der Waals surface area contributed by atoms with Gasteiger partial charge in [-0.2, -0.15) is 0 Å². The number of methoxy groups -OCH3 is 2. The van der Waals surface area contributed by atoms with E-state index in [0.29, 0.717) is 6.61 Å². The topological polar surface area (TPSA) is 45.5 Å². The Morgan fingerprint density at radius 2 is 1.62 bits per heavy atom. The molecule has 4 aromatic rings. The van der Waals surface area contributed by atoms with Crippen molar-refractivity contribution < 1.29 is 14.2 Å². The first-order chi connectivity index (χ1) is 14.3. The molecule has 3 aromatic carbocycles. The van der Waals surface area contributed by atoms with Crippen LogP contribution in [0.1, 0.15) is 6.42 Å². The van der Waals surface area contributed by atoms with Crippen LogP contribution in [0.5, 0.6) is 17.2 Å². The van der Waals surface area contributed by atoms with Gasteiger partial charge in [-0.05, 0) is 42.8 Å². The highest BCUT2D eigenvalue weighted by molar-refractivity contribution is 5.80. The normalized spacial score (nSPS) is 10.8. The van der Waals surface area contributed by atoms with Crippen molar-refractivity contribution in [2.75, 3.05) is 20.8 Å². The maximum absolute atomic E-state index is 5.94. The van der Waals surface area contributed by atoms with E-state index < -0.39 is 0 Å². The van der Waals surface area contributed by atoms with Gasteiger partial charge in [0.15, 0.2) is 11.5 Å². The number of aromatic nitrogens is 2. The molecule has 148 valence electrons. The molecule has 1 heterocycles. The molecule has 0 aliphatic carbocycles. The van der Waals surface area contributed by atoms with Crippen LogP contribution in [0.25, 0.3) is 22.4 Å². The van der Waals surface area contributed by atoms with Crippen LogP contribution in [0, 0.1) is 0 Å². The smallest absolute Gasteiger partial charge is 0.161 e. The number of para-hydroxylation sites is 4. The number of fused-ring (bicyclic) bond motifs is 1. The van der Waals surface area contributed by atoms with Gasteiger partial charge in [0, 0.05) is 12.1 Å². The van der Waals surface area contributed by atoms with Gasteiger partial charge in [0.25, 0.3) is 0 Å². The molecule has 0 amide bonds. The average molecular weight is 388 g/mol. The number of hydrogen-bond donors (Lipinski definition) is 0. The summed E-state index contributed by atoms with van der Waals surface area (Å²) in [6.07, 6.45) is 0.843. The van der Waals surface area contributed by atoms with Crippen molar-refractivity contribution in [2.45, 2.75) is 13.0 Å². The molecule has 0 saturated carbocycles. The van der Waals surface area contributed by atoms with Crippen molar-refractivity contribution in [1.82, 2.24) is 9.55 Å². The summed E-state index contributed by atoms with van der Waals surface area (Å²) in [6, 6.07) is 23.9. The molecule has 0 radical (unpaired) electrons. The van der Waals surface area contributed by atoms with E-state index in [9.17, 15) is 0 Å². The van der Waals surface area contributed by atoms with E-state index in [1.165, 1.54) is 0 Å². The molecule has 29 heavy (non-hydrogen) atoms. The lowest BCUT2D eigenvalue weighted by molar-refractivity contribution is 0.283. The fraction of sp³-hybridized carbons (Fsp3) is 0.208. The van der Waals surface area contributed by atoms with Gasteiger partial charge < -0.3 is 18.8 Å². The van der Waals surface area contributed by atoms with Crippen molar-refractivity contribution in [3.63, 3.8) is 0 Å². The highest BCUT2D eigenvalue weighted by Crippen LogP contribution is 2.28. The summed E-state index contributed by atoms with van der Waals surface area (Å²) in [5.41, 5.74) is 3.13. The van der Waals surface area contributed by atoms with Crippen molar-refractivity contribution in [3.05, 3.63) is 72.8 Å². The molecule has 0 atom stereocenters. The lowest BCUT2D eigenvalue weighted by atomic mass is 10.2. The van der Waals surface area contributed by atoms with Crippen molar-refractivity contribution >= 4 is 11.0 Å². The monoisotopic (exact) mass is 388 g/mol. The molecule has 0 fully saturated rings. The van der Waals surface area contributed by atoms with E-state index >= 15 is 0 Å². The predicted octanol–water partition coefficient (Wildman–Crippen LogP) is 5.19. The Balaban J connectivity index is 1.56. The summed E-state index contributed by atoms with van der Waals surface area (Å²) in [6.45, 7) is 1.38. The quantitative estimate of drug-likeness (QED) is 0.390. The van der Waals surface area contributed by atoms with Gasteiger partial charge in [-0.15, -0.1) is 0 Å². The van der Waals surface area contributed by atoms with Crippen LogP contribution in [-0.4, -0.2) is 30.4 Å². The molecule has 0 aliphatic rings. The van der Waals surface area contributed by atoms with Crippen LogP contribution >= 0.6 is 0 Å². The van der Waals surface area contributed by atoms with E-state index in [1.54, 1.807) is 14.2 Å². The Hall–Kier alpha value is -3.47. The minimum Gasteiger partial charge on any atom is -0.497 e. The lowest BCUT2D eigenvalue weighted by Crippen LogP contribution is -2.06. The zero-order chi connectivity index (χ0) is 20.1. The second-order valence-corrected chi connectivity index (χ2v) is 6.66. The largest absolute Gasteiger partial charge is 0.497 e. The molecule has 0 unspecified atom stereocenters. The van der Waals surface area contributed by atoms with Crippen molar-refractivity contribution in [2.24, 2.45) is 0 Å². The first-order valence-electron chi connectivity index (χ1n) is 9.65. The zero-order valence-electron chi connectivity index (χ0n) is 16.7. The number of nitrogens with zero attached hydrogens (tertiary/aromatic N) is 2. The van der Waals surface area contributed by atoms with Gasteiger partial charge in [0.05, 0.1) is 31.9 Å². The summed E-state index contributed by atoms with van der Waals surface area (Å²) in [7, 11) is 3.33. The maximum atomic E-state index is 5.94. The van der Waals surface area contributed by atoms with E-state index in [2.05, 4.69) is 16.7 Å². The number of rotatable bonds is 8. The van der Waals surface area contributed by atoms with E-state index in [0.717, 1.165) is 52.6 Å². The second kappa shape index (κ2) is 8.69. The first-order valence-corrected chi connectivity index (χ1v) is 9.65. The molecule has 1 aromatic heterocycles. The third-order valence-corrected chi connectivity index (χ3v) is 4.84. The Morgan fingerprint density at radius 3 is 2.45 bits per heavy atom. The fourth-order valence-electron chi connectivity index (χ4n) is 3.43. The van der Waals surface area contributed by atoms with Crippen molar-refractivity contribution in [3.8, 4) is 28.6 Å². The van der Waals surface area contributed by atoms with E-state index in [-0.39, 0.29) is 0 Å². The van der Waals surface area contributed by atoms with Crippen LogP contribution < -0.4 is 14.2 Å². The first kappa shape index (κ1) is 18.9. The number of hydrogen-bond acceptors (Lipinski definition) is 4. The highest BCUT2D eigenvalue weighted by atomic mass is 16.5. The minimum atomic E-state index is 0.588. The fourth-order valence-corrected chi connectivity index (χ4v) is 3.43. The van der Waals surface area contributed by atoms with Crippen LogP contribution in [0.3, 0.4) is 0 Å². The van der Waals surface area contributed by atoms with Gasteiger partial charge in [-0.1, -0.05) is 36.4 Å². The van der Waals surface area contributed by atoms with Gasteiger partial charge in [0.1, 0.15) is 11.6 Å². The highest BCUT2D eigenvalue weighted by Gasteiger charge is 2.13. The molecule has 0 N–H and O–H groups in total. The Bertz CT molecular complexity index is 1100. The standard InChI is InChI=1S/C24H24N2O3/c1-27-19-10-7-9-18(17-19)24-25-20-11-3-4-12-21(20)26(24)15-8-16-29-23-14-6-5-13-22(23)28-2/h3-7,9-14,17H,8,15-16H2,1-2H3. The molecule has 5 heteroatoms. The van der Waals surface area contributed by atoms with E-state index in [1.807, 2.05) is 60.7 Å². The Kier molecular flexibility index (Phi) is 5.66. The molecule has 0 aliphatic heterocycles. The van der Waals surface area contributed by atoms with Gasteiger partial charge >= 0.3 is 0 Å². The minimum absolute atomic E-state index is 0.588. The summed E-state index contributed by atoms with van der Waals surface area (Å²) in [5.74, 6) is 3.26. The van der Waals surface area contributed by atoms with Gasteiger partial charge in [0.2, 0.25) is 0 Å². The van der Waals surface area contributed by atoms with Crippen LogP contribution in [-0.2, 0) is 6.54 Å². The summed E-state index contributed by atoms with van der Waals surface area (Å²) in [5, 5.41) is 0. The lowest BCUT2D eigenvalue weighted by Gasteiger charge is -2.12. The molecule has 5 nitrogen and oxygen atoms in total. The molecule has 0 bridgehead atoms. The SMILES string of the molecule is COc1cccc(-c2nc3ccccc3n2CCCOc2ccccc2OC)c1. The maximum Gasteiger partial charge on any atom is 0.161 e. The van der Waals surface area contributed by atoms with Crippen LogP contribution in [0.4, 0.5) is 0 Å². The Labute approximate surface area is 170 Å². The average Bonchev–Trinajstić information content (AvgIpc) is 3.15. The third kappa shape index (κ3) is 4.04. The summed E-state index contributed by atoms with van der Waals surface area (Å²) in [4.78, 5) is 4.87. The van der Waals surface area contributed by atoms with Crippen LogP contribution in [0.15, 0.2) is 72.8 Å². The number of benzene rings is 3. The molecule has 4 rings (SSSR count). The summed E-state index contributed by atoms with van der Waals surface area (Å²) >= 11 is 0. The second-order valence-electron chi connectivity index (χ2n) is 6.66. The predicted molar refractivity (Wildman–Crippen MR) is 115 cm³/mol. The van der Waals surface area contributed by atoms with Gasteiger partial charge in [-0.3, -0.25) is 0 Å². The van der Waals surface area contributed by atoms with Gasteiger partial charge in [-0.25, -0.2) is 4.98 Å². The number of aryl methyl sites for hydroxylation is 1. The van der Waals surface area contributed by atoms with Crippen molar-refractivity contribution in [1.29, 1.82) is 0 Å². The van der Waals surface area contributed by atoms with Crippen LogP contribution in [0.2, 0.25) is 0 Å². The number of imidazole rings is 1. The molecule has 0 saturated heterocycles. The molecule has 0 spiro atoms. The number of ether oxygens (including phenoxy) is 3.